The molecule has 1 heterocycles. The predicted molar refractivity (Wildman–Crippen MR) is 146 cm³/mol. The minimum Gasteiger partial charge on any atom is -0.493 e. The number of methoxy groups -OCH3 is 2. The normalized spacial score (nSPS) is 15.4. The van der Waals surface area contributed by atoms with E-state index in [2.05, 4.69) is 11.8 Å². The number of esters is 1. The van der Waals surface area contributed by atoms with Crippen LogP contribution in [0.5, 0.6) is 11.5 Å². The van der Waals surface area contributed by atoms with Gasteiger partial charge in [-0.05, 0) is 62.5 Å². The van der Waals surface area contributed by atoms with Gasteiger partial charge in [0.1, 0.15) is 11.9 Å². The first kappa shape index (κ1) is 29.0. The average Bonchev–Trinajstić information content (AvgIpc) is 2.93. The second-order valence-electron chi connectivity index (χ2n) is 10.1. The molecule has 1 aliphatic rings. The van der Waals surface area contributed by atoms with Crippen molar-refractivity contribution in [2.24, 2.45) is 5.92 Å². The van der Waals surface area contributed by atoms with Crippen LogP contribution in [0.4, 0.5) is 4.39 Å². The fourth-order valence-electron chi connectivity index (χ4n) is 5.22. The van der Waals surface area contributed by atoms with Crippen LogP contribution in [-0.2, 0) is 16.0 Å². The Kier molecular flexibility index (Phi) is 12.2. The van der Waals surface area contributed by atoms with Gasteiger partial charge in [-0.25, -0.2) is 4.39 Å². The first-order valence-corrected chi connectivity index (χ1v) is 13.9. The number of ether oxygens (including phenoxy) is 3. The Balaban J connectivity index is 1.62. The molecule has 0 amide bonds. The quantitative estimate of drug-likeness (QED) is 0.187. The smallest absolute Gasteiger partial charge is 0.306 e. The van der Waals surface area contributed by atoms with Gasteiger partial charge in [0.2, 0.25) is 0 Å². The Labute approximate surface area is 222 Å². The molecule has 0 spiro atoms. The molecule has 0 bridgehead atoms. The number of likely N-dealkylation sites (tertiary alicyclic amines) is 1. The van der Waals surface area contributed by atoms with Gasteiger partial charge in [0, 0.05) is 24.4 Å². The summed E-state index contributed by atoms with van der Waals surface area (Å²) >= 11 is 0. The Morgan fingerprint density at radius 2 is 1.68 bits per heavy atom. The van der Waals surface area contributed by atoms with Crippen LogP contribution in [0.15, 0.2) is 42.5 Å². The SMILES string of the molecule is CCCCCCCCC(=O)O[C@@H](c1cccc(OC)c1OC)C1CCN(CCc2ccc(F)cc2)CC1. The monoisotopic (exact) mass is 513 g/mol. The Morgan fingerprint density at radius 1 is 0.973 bits per heavy atom. The largest absolute Gasteiger partial charge is 0.493 e. The van der Waals surface area contributed by atoms with Crippen LogP contribution >= 0.6 is 0 Å². The summed E-state index contributed by atoms with van der Waals surface area (Å²) in [6.45, 7) is 5.01. The molecule has 1 fully saturated rings. The topological polar surface area (TPSA) is 48.0 Å². The molecule has 1 saturated heterocycles. The van der Waals surface area contributed by atoms with Gasteiger partial charge < -0.3 is 19.1 Å². The number of para-hydroxylation sites is 1. The standard InChI is InChI=1S/C31H44FNO4/c1-4-5-6-7-8-9-13-29(34)37-30(27-11-10-12-28(35-2)31(27)36-3)25-19-22-33(23-20-25)21-18-24-14-16-26(32)17-15-24/h10-12,14-17,25,30H,4-9,13,18-23H2,1-3H3/t30-/m1/s1. The lowest BCUT2D eigenvalue weighted by molar-refractivity contribution is -0.153. The molecule has 2 aromatic rings. The zero-order chi connectivity index (χ0) is 26.5. The van der Waals surface area contributed by atoms with Crippen LogP contribution in [0.1, 0.15) is 81.9 Å². The molecule has 5 nitrogen and oxygen atoms in total. The molecule has 3 rings (SSSR count). The van der Waals surface area contributed by atoms with Gasteiger partial charge in [0.05, 0.1) is 14.2 Å². The number of rotatable bonds is 15. The van der Waals surface area contributed by atoms with Gasteiger partial charge >= 0.3 is 5.97 Å². The lowest BCUT2D eigenvalue weighted by atomic mass is 9.86. The summed E-state index contributed by atoms with van der Waals surface area (Å²) < 4.78 is 30.6. The number of carbonyl (C=O) groups excluding carboxylic acids is 1. The Hall–Kier alpha value is -2.60. The molecule has 1 atom stereocenters. The van der Waals surface area contributed by atoms with E-state index in [1.54, 1.807) is 14.2 Å². The number of nitrogens with zero attached hydrogens (tertiary/aromatic N) is 1. The summed E-state index contributed by atoms with van der Waals surface area (Å²) in [4.78, 5) is 15.4. The van der Waals surface area contributed by atoms with Crippen molar-refractivity contribution < 1.29 is 23.4 Å². The summed E-state index contributed by atoms with van der Waals surface area (Å²) in [5.74, 6) is 1.16. The zero-order valence-corrected chi connectivity index (χ0v) is 22.8. The Morgan fingerprint density at radius 3 is 2.35 bits per heavy atom. The molecular weight excluding hydrogens is 469 g/mol. The number of benzene rings is 2. The lowest BCUT2D eigenvalue weighted by Crippen LogP contribution is -2.37. The highest BCUT2D eigenvalue weighted by molar-refractivity contribution is 5.70. The molecule has 0 aromatic heterocycles. The molecule has 6 heteroatoms. The molecule has 204 valence electrons. The maximum absolute atomic E-state index is 13.2. The molecule has 0 unspecified atom stereocenters. The number of carbonyl (C=O) groups is 1. The lowest BCUT2D eigenvalue weighted by Gasteiger charge is -2.36. The summed E-state index contributed by atoms with van der Waals surface area (Å²) in [6.07, 6.45) is 9.65. The van der Waals surface area contributed by atoms with Crippen molar-refractivity contribution in [2.45, 2.75) is 77.2 Å². The molecule has 1 aliphatic heterocycles. The molecule has 0 radical (unpaired) electrons. The highest BCUT2D eigenvalue weighted by atomic mass is 19.1. The third-order valence-corrected chi connectivity index (χ3v) is 7.42. The first-order valence-electron chi connectivity index (χ1n) is 13.9. The molecule has 0 aliphatic carbocycles. The fraction of sp³-hybridized carbons (Fsp3) is 0.581. The molecular formula is C31H44FNO4. The molecule has 0 saturated carbocycles. The fourth-order valence-corrected chi connectivity index (χ4v) is 5.22. The van der Waals surface area contributed by atoms with Crippen LogP contribution in [0.3, 0.4) is 0 Å². The maximum Gasteiger partial charge on any atom is 0.306 e. The van der Waals surface area contributed by atoms with Crippen LogP contribution in [0.2, 0.25) is 0 Å². The van der Waals surface area contributed by atoms with Crippen LogP contribution in [-0.4, -0.2) is 44.7 Å². The molecule has 0 N–H and O–H groups in total. The minimum absolute atomic E-state index is 0.135. The van der Waals surface area contributed by atoms with E-state index in [-0.39, 0.29) is 23.8 Å². The van der Waals surface area contributed by atoms with E-state index in [9.17, 15) is 9.18 Å². The van der Waals surface area contributed by atoms with E-state index in [1.807, 2.05) is 30.3 Å². The summed E-state index contributed by atoms with van der Waals surface area (Å²) in [5.41, 5.74) is 2.02. The second-order valence-corrected chi connectivity index (χ2v) is 10.1. The number of hydrogen-bond acceptors (Lipinski definition) is 5. The van der Waals surface area contributed by atoms with Gasteiger partial charge in [0.25, 0.3) is 0 Å². The van der Waals surface area contributed by atoms with Crippen LogP contribution < -0.4 is 9.47 Å². The first-order chi connectivity index (χ1) is 18.0. The van der Waals surface area contributed by atoms with Gasteiger partial charge in [-0.15, -0.1) is 0 Å². The number of halogens is 1. The van der Waals surface area contributed by atoms with Gasteiger partial charge in [-0.1, -0.05) is 63.3 Å². The number of piperidine rings is 1. The molecule has 2 aromatic carbocycles. The van der Waals surface area contributed by atoms with Crippen molar-refractivity contribution >= 4 is 5.97 Å². The van der Waals surface area contributed by atoms with Gasteiger partial charge in [-0.3, -0.25) is 4.79 Å². The van der Waals surface area contributed by atoms with E-state index in [1.165, 1.54) is 37.8 Å². The van der Waals surface area contributed by atoms with Crippen LogP contribution in [0, 0.1) is 11.7 Å². The van der Waals surface area contributed by atoms with Crippen molar-refractivity contribution in [3.8, 4) is 11.5 Å². The van der Waals surface area contributed by atoms with Crippen molar-refractivity contribution in [1.82, 2.24) is 4.90 Å². The van der Waals surface area contributed by atoms with Crippen molar-refractivity contribution in [1.29, 1.82) is 0 Å². The highest BCUT2D eigenvalue weighted by Crippen LogP contribution is 2.42. The summed E-state index contributed by atoms with van der Waals surface area (Å²) in [7, 11) is 3.26. The third-order valence-electron chi connectivity index (χ3n) is 7.42. The zero-order valence-electron chi connectivity index (χ0n) is 22.8. The van der Waals surface area contributed by atoms with E-state index in [4.69, 9.17) is 14.2 Å². The van der Waals surface area contributed by atoms with E-state index < -0.39 is 0 Å². The molecule has 37 heavy (non-hydrogen) atoms. The van der Waals surface area contributed by atoms with Crippen molar-refractivity contribution in [2.75, 3.05) is 33.9 Å². The summed E-state index contributed by atoms with van der Waals surface area (Å²) in [6, 6.07) is 12.6. The minimum atomic E-state index is -0.364. The summed E-state index contributed by atoms with van der Waals surface area (Å²) in [5, 5.41) is 0. The second kappa shape index (κ2) is 15.6. The highest BCUT2D eigenvalue weighted by Gasteiger charge is 2.33. The van der Waals surface area contributed by atoms with Gasteiger partial charge in [0.15, 0.2) is 11.5 Å². The third kappa shape index (κ3) is 9.03. The van der Waals surface area contributed by atoms with Crippen molar-refractivity contribution in [3.63, 3.8) is 0 Å². The average molecular weight is 514 g/mol. The maximum atomic E-state index is 13.2. The predicted octanol–water partition coefficient (Wildman–Crippen LogP) is 7.13. The van der Waals surface area contributed by atoms with E-state index >= 15 is 0 Å². The number of unbranched alkanes of at least 4 members (excludes halogenated alkanes) is 5. The van der Waals surface area contributed by atoms with E-state index in [0.29, 0.717) is 17.9 Å². The van der Waals surface area contributed by atoms with Gasteiger partial charge in [-0.2, -0.15) is 0 Å². The van der Waals surface area contributed by atoms with Crippen LogP contribution in [0.25, 0.3) is 0 Å². The van der Waals surface area contributed by atoms with Crippen molar-refractivity contribution in [3.05, 3.63) is 59.4 Å². The number of hydrogen-bond donors (Lipinski definition) is 0. The Bertz CT molecular complexity index is 941. The van der Waals surface area contributed by atoms with E-state index in [0.717, 1.165) is 62.9 Å².